The summed E-state index contributed by atoms with van der Waals surface area (Å²) in [6.07, 6.45) is 0. The van der Waals surface area contributed by atoms with Gasteiger partial charge in [-0.3, -0.25) is 4.79 Å². The van der Waals surface area contributed by atoms with E-state index in [2.05, 4.69) is 4.98 Å². The molecule has 0 unspecified atom stereocenters. The van der Waals surface area contributed by atoms with Crippen LogP contribution in [0.15, 0.2) is 36.4 Å². The van der Waals surface area contributed by atoms with E-state index in [0.717, 1.165) is 6.07 Å². The third kappa shape index (κ3) is 2.37. The summed E-state index contributed by atoms with van der Waals surface area (Å²) >= 11 is 0. The van der Waals surface area contributed by atoms with E-state index in [1.807, 2.05) is 0 Å². The molecule has 0 amide bonds. The van der Waals surface area contributed by atoms with Crippen LogP contribution in [0.25, 0.3) is 0 Å². The average Bonchev–Trinajstić information content (AvgIpc) is 2.38. The molecule has 6 heteroatoms. The molecule has 0 saturated heterocycles. The van der Waals surface area contributed by atoms with Crippen LogP contribution in [0, 0.1) is 0 Å². The van der Waals surface area contributed by atoms with Crippen molar-refractivity contribution in [3.63, 3.8) is 0 Å². The van der Waals surface area contributed by atoms with Crippen LogP contribution in [0.2, 0.25) is 0 Å². The van der Waals surface area contributed by atoms with Crippen molar-refractivity contribution in [3.05, 3.63) is 53.1 Å². The number of nitrogens with zero attached hydrogens (tertiary/aromatic N) is 1. The van der Waals surface area contributed by atoms with Crippen molar-refractivity contribution in [2.45, 2.75) is 0 Å². The minimum Gasteiger partial charge on any atom is -0.493 e. The zero-order valence-electron chi connectivity index (χ0n) is 9.57. The predicted molar refractivity (Wildman–Crippen MR) is 64.4 cm³/mol. The van der Waals surface area contributed by atoms with Crippen LogP contribution in [0.1, 0.15) is 26.3 Å². The fourth-order valence-electron chi connectivity index (χ4n) is 1.63. The molecule has 0 fully saturated rings. The van der Waals surface area contributed by atoms with Gasteiger partial charge < -0.3 is 15.3 Å². The lowest BCUT2D eigenvalue weighted by Crippen LogP contribution is -2.10. The Hall–Kier alpha value is -2.89. The maximum Gasteiger partial charge on any atom is 0.336 e. The summed E-state index contributed by atoms with van der Waals surface area (Å²) in [6, 6.07) is 7.97. The Morgan fingerprint density at radius 3 is 2.11 bits per heavy atom. The van der Waals surface area contributed by atoms with Crippen LogP contribution < -0.4 is 0 Å². The highest BCUT2D eigenvalue weighted by molar-refractivity contribution is 6.15. The standard InChI is InChI=1S/C13H9NO5/c15-10-6-5-9(12(17)14-10)11(16)7-3-1-2-4-8(7)13(18)19/h1-6H,(H,18,19)(H2,14,15,17). The number of carboxylic acid groups (broad SMARTS) is 1. The molecular formula is C13H9NO5. The Bertz CT molecular complexity index is 666. The van der Waals surface area contributed by atoms with Gasteiger partial charge in [0.1, 0.15) is 0 Å². The predicted octanol–water partition coefficient (Wildman–Crippen LogP) is 1.42. The molecule has 3 N–H and O–H groups in total. The van der Waals surface area contributed by atoms with Gasteiger partial charge in [0.25, 0.3) is 0 Å². The molecule has 0 aliphatic rings. The molecule has 0 radical (unpaired) electrons. The van der Waals surface area contributed by atoms with Gasteiger partial charge in [0, 0.05) is 11.6 Å². The van der Waals surface area contributed by atoms with Gasteiger partial charge >= 0.3 is 5.97 Å². The Labute approximate surface area is 107 Å². The molecule has 2 aromatic rings. The van der Waals surface area contributed by atoms with E-state index in [1.165, 1.54) is 30.3 Å². The van der Waals surface area contributed by atoms with Crippen molar-refractivity contribution in [2.75, 3.05) is 0 Å². The second kappa shape index (κ2) is 4.77. The van der Waals surface area contributed by atoms with Gasteiger partial charge in [-0.15, -0.1) is 0 Å². The summed E-state index contributed by atoms with van der Waals surface area (Å²) in [7, 11) is 0. The van der Waals surface area contributed by atoms with Crippen molar-refractivity contribution in [2.24, 2.45) is 0 Å². The maximum absolute atomic E-state index is 12.2. The third-order valence-corrected chi connectivity index (χ3v) is 2.51. The number of carbonyl (C=O) groups excluding carboxylic acids is 1. The van der Waals surface area contributed by atoms with Crippen molar-refractivity contribution >= 4 is 11.8 Å². The minimum absolute atomic E-state index is 0.0576. The van der Waals surface area contributed by atoms with Gasteiger partial charge in [-0.25, -0.2) is 4.79 Å². The number of aromatic hydroxyl groups is 2. The highest BCUT2D eigenvalue weighted by Crippen LogP contribution is 2.22. The Morgan fingerprint density at radius 2 is 1.53 bits per heavy atom. The zero-order valence-corrected chi connectivity index (χ0v) is 9.57. The molecule has 0 saturated carbocycles. The molecule has 1 aromatic heterocycles. The zero-order chi connectivity index (χ0) is 14.0. The van der Waals surface area contributed by atoms with Crippen LogP contribution in [0.3, 0.4) is 0 Å². The van der Waals surface area contributed by atoms with Crippen LogP contribution in [-0.2, 0) is 0 Å². The number of pyridine rings is 1. The maximum atomic E-state index is 12.2. The molecular weight excluding hydrogens is 250 g/mol. The molecule has 0 aliphatic heterocycles. The van der Waals surface area contributed by atoms with E-state index in [0.29, 0.717) is 0 Å². The van der Waals surface area contributed by atoms with Gasteiger partial charge in [0.05, 0.1) is 11.1 Å². The molecule has 1 aromatic carbocycles. The molecule has 0 spiro atoms. The van der Waals surface area contributed by atoms with E-state index < -0.39 is 23.5 Å². The van der Waals surface area contributed by atoms with Crippen molar-refractivity contribution < 1.29 is 24.9 Å². The lowest BCUT2D eigenvalue weighted by atomic mass is 9.99. The lowest BCUT2D eigenvalue weighted by Gasteiger charge is -2.06. The first-order valence-corrected chi connectivity index (χ1v) is 5.26. The molecule has 1 heterocycles. The van der Waals surface area contributed by atoms with Crippen LogP contribution in [0.4, 0.5) is 0 Å². The number of aromatic carboxylic acids is 1. The molecule has 6 nitrogen and oxygen atoms in total. The summed E-state index contributed by atoms with van der Waals surface area (Å²) in [5.74, 6) is -3.00. The Kier molecular flexibility index (Phi) is 3.15. The van der Waals surface area contributed by atoms with Crippen molar-refractivity contribution in [1.29, 1.82) is 0 Å². The number of aromatic nitrogens is 1. The van der Waals surface area contributed by atoms with Gasteiger partial charge in [-0.1, -0.05) is 18.2 Å². The Balaban J connectivity index is 2.53. The number of hydrogen-bond acceptors (Lipinski definition) is 5. The first kappa shape index (κ1) is 12.6. The molecule has 0 bridgehead atoms. The van der Waals surface area contributed by atoms with E-state index in [-0.39, 0.29) is 16.7 Å². The van der Waals surface area contributed by atoms with Gasteiger partial charge in [0.2, 0.25) is 11.8 Å². The smallest absolute Gasteiger partial charge is 0.336 e. The highest BCUT2D eigenvalue weighted by Gasteiger charge is 2.20. The summed E-state index contributed by atoms with van der Waals surface area (Å²) in [4.78, 5) is 26.5. The summed E-state index contributed by atoms with van der Waals surface area (Å²) in [5, 5.41) is 27.6. The van der Waals surface area contributed by atoms with Crippen molar-refractivity contribution in [3.8, 4) is 11.8 Å². The largest absolute Gasteiger partial charge is 0.493 e. The molecule has 0 atom stereocenters. The first-order chi connectivity index (χ1) is 9.00. The van der Waals surface area contributed by atoms with Crippen LogP contribution in [0.5, 0.6) is 11.8 Å². The summed E-state index contributed by atoms with van der Waals surface area (Å²) in [6.45, 7) is 0. The number of carboxylic acids is 1. The molecule has 2 rings (SSSR count). The minimum atomic E-state index is -1.24. The number of carbonyl (C=O) groups is 2. The molecule has 96 valence electrons. The fourth-order valence-corrected chi connectivity index (χ4v) is 1.63. The summed E-state index contributed by atoms with van der Waals surface area (Å²) < 4.78 is 0. The summed E-state index contributed by atoms with van der Waals surface area (Å²) in [5.41, 5.74) is -0.399. The second-order valence-corrected chi connectivity index (χ2v) is 3.72. The SMILES string of the molecule is O=C(O)c1ccccc1C(=O)c1ccc(O)nc1O. The number of benzene rings is 1. The quantitative estimate of drug-likeness (QED) is 0.719. The number of ketones is 1. The number of rotatable bonds is 3. The van der Waals surface area contributed by atoms with Crippen LogP contribution in [-0.4, -0.2) is 32.1 Å². The second-order valence-electron chi connectivity index (χ2n) is 3.72. The van der Waals surface area contributed by atoms with E-state index >= 15 is 0 Å². The third-order valence-electron chi connectivity index (χ3n) is 2.51. The first-order valence-electron chi connectivity index (χ1n) is 5.26. The molecule has 19 heavy (non-hydrogen) atoms. The van der Waals surface area contributed by atoms with Gasteiger partial charge in [-0.2, -0.15) is 4.98 Å². The fraction of sp³-hybridized carbons (Fsp3) is 0. The van der Waals surface area contributed by atoms with E-state index in [1.54, 1.807) is 0 Å². The monoisotopic (exact) mass is 259 g/mol. The van der Waals surface area contributed by atoms with E-state index in [4.69, 9.17) is 10.2 Å². The number of hydrogen-bond donors (Lipinski definition) is 3. The Morgan fingerprint density at radius 1 is 0.895 bits per heavy atom. The van der Waals surface area contributed by atoms with Crippen LogP contribution >= 0.6 is 0 Å². The van der Waals surface area contributed by atoms with Gasteiger partial charge in [0.15, 0.2) is 5.78 Å². The van der Waals surface area contributed by atoms with Crippen molar-refractivity contribution in [1.82, 2.24) is 4.98 Å². The topological polar surface area (TPSA) is 108 Å². The molecule has 0 aliphatic carbocycles. The normalized spacial score (nSPS) is 10.1. The average molecular weight is 259 g/mol. The van der Waals surface area contributed by atoms with E-state index in [9.17, 15) is 14.7 Å². The lowest BCUT2D eigenvalue weighted by molar-refractivity contribution is 0.0692. The van der Waals surface area contributed by atoms with Gasteiger partial charge in [-0.05, 0) is 12.1 Å². The highest BCUT2D eigenvalue weighted by atomic mass is 16.4.